The van der Waals surface area contributed by atoms with Gasteiger partial charge in [0.05, 0.1) is 13.2 Å². The van der Waals surface area contributed by atoms with Gasteiger partial charge >= 0.3 is 0 Å². The Bertz CT molecular complexity index is 1040. The molecule has 0 spiro atoms. The standard InChI is InChI=1S/C26H32ClNO7/c1-15(30)28-10-9-20(13-28)34-19-6-3-16(4-7-19)11-18-12-17(5-8-21(18)27)25-26(2,33)24(32)23(31)22(14-29)35-25/h3-8,12,20,22-25,29,31-33H,9-11,13-14H2,1-2H3/t20?,22-,23-,24+,25+,26+/m1/s1. The van der Waals surface area contributed by atoms with Crippen LogP contribution in [0.3, 0.4) is 0 Å². The summed E-state index contributed by atoms with van der Waals surface area (Å²) < 4.78 is 11.8. The van der Waals surface area contributed by atoms with Gasteiger partial charge in [-0.15, -0.1) is 0 Å². The van der Waals surface area contributed by atoms with Gasteiger partial charge in [0.25, 0.3) is 0 Å². The molecule has 2 aliphatic rings. The number of hydrogen-bond donors (Lipinski definition) is 4. The first-order valence-corrected chi connectivity index (χ1v) is 12.1. The molecule has 0 bridgehead atoms. The van der Waals surface area contributed by atoms with Gasteiger partial charge in [-0.3, -0.25) is 4.79 Å². The zero-order valence-corrected chi connectivity index (χ0v) is 20.6. The number of aliphatic hydroxyl groups is 4. The zero-order valence-electron chi connectivity index (χ0n) is 19.8. The predicted octanol–water partition coefficient (Wildman–Crippen LogP) is 1.84. The maximum Gasteiger partial charge on any atom is 0.219 e. The van der Waals surface area contributed by atoms with Gasteiger partial charge in [-0.25, -0.2) is 0 Å². The lowest BCUT2D eigenvalue weighted by Gasteiger charge is -2.46. The van der Waals surface area contributed by atoms with Crippen LogP contribution in [0, 0.1) is 0 Å². The Hall–Kier alpha value is -2.20. The fourth-order valence-electron chi connectivity index (χ4n) is 4.77. The van der Waals surface area contributed by atoms with Gasteiger partial charge in [0.1, 0.15) is 41.9 Å². The van der Waals surface area contributed by atoms with Crippen LogP contribution in [0.2, 0.25) is 5.02 Å². The van der Waals surface area contributed by atoms with E-state index in [4.69, 9.17) is 21.1 Å². The number of rotatable bonds is 6. The summed E-state index contributed by atoms with van der Waals surface area (Å²) in [6.45, 7) is 3.77. The molecule has 2 aromatic rings. The van der Waals surface area contributed by atoms with Crippen LogP contribution < -0.4 is 4.74 Å². The van der Waals surface area contributed by atoms with E-state index in [9.17, 15) is 25.2 Å². The first-order valence-electron chi connectivity index (χ1n) is 11.7. The number of amides is 1. The van der Waals surface area contributed by atoms with E-state index in [2.05, 4.69) is 0 Å². The van der Waals surface area contributed by atoms with Gasteiger partial charge in [-0.05, 0) is 48.2 Å². The molecule has 0 aromatic heterocycles. The number of carbonyl (C=O) groups is 1. The van der Waals surface area contributed by atoms with Crippen molar-refractivity contribution >= 4 is 17.5 Å². The van der Waals surface area contributed by atoms with Gasteiger partial charge in [0, 0.05) is 24.9 Å². The van der Waals surface area contributed by atoms with E-state index in [0.717, 1.165) is 23.3 Å². The largest absolute Gasteiger partial charge is 0.489 e. The van der Waals surface area contributed by atoms with E-state index in [1.807, 2.05) is 24.3 Å². The molecule has 4 rings (SSSR count). The van der Waals surface area contributed by atoms with E-state index in [0.29, 0.717) is 30.1 Å². The van der Waals surface area contributed by atoms with Gasteiger partial charge in [-0.2, -0.15) is 0 Å². The van der Waals surface area contributed by atoms with E-state index in [-0.39, 0.29) is 12.0 Å². The number of benzene rings is 2. The van der Waals surface area contributed by atoms with E-state index >= 15 is 0 Å². The van der Waals surface area contributed by atoms with Crippen LogP contribution >= 0.6 is 11.6 Å². The Morgan fingerprint density at radius 1 is 1.23 bits per heavy atom. The number of aliphatic hydroxyl groups excluding tert-OH is 3. The molecule has 0 saturated carbocycles. The van der Waals surface area contributed by atoms with Crippen molar-refractivity contribution < 1.29 is 34.7 Å². The molecule has 2 aliphatic heterocycles. The molecular weight excluding hydrogens is 474 g/mol. The van der Waals surface area contributed by atoms with Crippen molar-refractivity contribution in [3.05, 3.63) is 64.2 Å². The second-order valence-corrected chi connectivity index (χ2v) is 9.97. The molecule has 0 radical (unpaired) electrons. The molecule has 8 nitrogen and oxygen atoms in total. The SMILES string of the molecule is CC(=O)N1CCC(Oc2ccc(Cc3cc([C@@H]4O[C@H](CO)[C@@H](O)[C@H](O)[C@]4(C)O)ccc3Cl)cc2)C1. The Kier molecular flexibility index (Phi) is 7.71. The molecule has 2 saturated heterocycles. The second-order valence-electron chi connectivity index (χ2n) is 9.56. The topological polar surface area (TPSA) is 120 Å². The Morgan fingerprint density at radius 3 is 2.57 bits per heavy atom. The molecule has 9 heteroatoms. The molecule has 6 atom stereocenters. The molecule has 2 aromatic carbocycles. The number of nitrogens with zero attached hydrogens (tertiary/aromatic N) is 1. The quantitative estimate of drug-likeness (QED) is 0.473. The van der Waals surface area contributed by atoms with Gasteiger partial charge in [-0.1, -0.05) is 35.9 Å². The molecule has 4 N–H and O–H groups in total. The lowest BCUT2D eigenvalue weighted by atomic mass is 9.80. The Morgan fingerprint density at radius 2 is 1.94 bits per heavy atom. The van der Waals surface area contributed by atoms with E-state index < -0.39 is 36.6 Å². The van der Waals surface area contributed by atoms with Crippen LogP contribution in [0.15, 0.2) is 42.5 Å². The summed E-state index contributed by atoms with van der Waals surface area (Å²) in [7, 11) is 0. The third kappa shape index (κ3) is 5.48. The van der Waals surface area contributed by atoms with Gasteiger partial charge < -0.3 is 34.8 Å². The highest BCUT2D eigenvalue weighted by Gasteiger charge is 2.52. The van der Waals surface area contributed by atoms with E-state index in [1.54, 1.807) is 30.0 Å². The highest BCUT2D eigenvalue weighted by atomic mass is 35.5. The van der Waals surface area contributed by atoms with Gasteiger partial charge in [0.15, 0.2) is 0 Å². The summed E-state index contributed by atoms with van der Waals surface area (Å²) in [5.74, 6) is 0.793. The van der Waals surface area contributed by atoms with Crippen molar-refractivity contribution in [2.24, 2.45) is 0 Å². The van der Waals surface area contributed by atoms with Crippen molar-refractivity contribution in [1.82, 2.24) is 4.90 Å². The summed E-state index contributed by atoms with van der Waals surface area (Å²) in [5, 5.41) is 41.5. The number of carbonyl (C=O) groups excluding carboxylic acids is 1. The fourth-order valence-corrected chi connectivity index (χ4v) is 4.95. The van der Waals surface area contributed by atoms with Crippen LogP contribution in [0.5, 0.6) is 5.75 Å². The third-order valence-electron chi connectivity index (χ3n) is 6.91. The molecule has 35 heavy (non-hydrogen) atoms. The molecule has 190 valence electrons. The Labute approximate surface area is 209 Å². The highest BCUT2D eigenvalue weighted by Crippen LogP contribution is 2.40. The van der Waals surface area contributed by atoms with Crippen LogP contribution in [-0.4, -0.2) is 80.9 Å². The number of halogens is 1. The first kappa shape index (κ1) is 25.9. The van der Waals surface area contributed by atoms with Crippen LogP contribution in [0.1, 0.15) is 43.1 Å². The normalized spacial score (nSPS) is 30.9. The average molecular weight is 506 g/mol. The molecule has 0 aliphatic carbocycles. The first-order chi connectivity index (χ1) is 16.6. The lowest BCUT2D eigenvalue weighted by Crippen LogP contribution is -2.61. The Balaban J connectivity index is 1.47. The minimum absolute atomic E-state index is 0.0178. The second kappa shape index (κ2) is 10.4. The minimum Gasteiger partial charge on any atom is -0.489 e. The summed E-state index contributed by atoms with van der Waals surface area (Å²) in [4.78, 5) is 13.3. The minimum atomic E-state index is -1.77. The summed E-state index contributed by atoms with van der Waals surface area (Å²) in [6.07, 6.45) is -3.59. The maximum atomic E-state index is 11.5. The lowest BCUT2D eigenvalue weighted by molar-refractivity contribution is -0.271. The average Bonchev–Trinajstić information content (AvgIpc) is 3.30. The smallest absolute Gasteiger partial charge is 0.219 e. The van der Waals surface area contributed by atoms with Crippen molar-refractivity contribution in [1.29, 1.82) is 0 Å². The highest BCUT2D eigenvalue weighted by molar-refractivity contribution is 6.31. The van der Waals surface area contributed by atoms with Crippen molar-refractivity contribution in [3.8, 4) is 5.75 Å². The van der Waals surface area contributed by atoms with Crippen molar-refractivity contribution in [3.63, 3.8) is 0 Å². The number of hydrogen-bond acceptors (Lipinski definition) is 7. The summed E-state index contributed by atoms with van der Waals surface area (Å²) in [5.41, 5.74) is 0.599. The summed E-state index contributed by atoms with van der Waals surface area (Å²) >= 11 is 6.46. The summed E-state index contributed by atoms with van der Waals surface area (Å²) in [6, 6.07) is 12.9. The van der Waals surface area contributed by atoms with Crippen LogP contribution in [0.4, 0.5) is 0 Å². The molecular formula is C26H32ClNO7. The third-order valence-corrected chi connectivity index (χ3v) is 7.28. The van der Waals surface area contributed by atoms with Crippen LogP contribution in [-0.2, 0) is 16.0 Å². The van der Waals surface area contributed by atoms with Gasteiger partial charge in [0.2, 0.25) is 5.91 Å². The molecule has 2 heterocycles. The number of likely N-dealkylation sites (tertiary alicyclic amines) is 1. The molecule has 1 unspecified atom stereocenters. The maximum absolute atomic E-state index is 11.5. The molecule has 2 fully saturated rings. The van der Waals surface area contributed by atoms with Crippen molar-refractivity contribution in [2.45, 2.75) is 62.8 Å². The number of ether oxygens (including phenoxy) is 2. The monoisotopic (exact) mass is 505 g/mol. The van der Waals surface area contributed by atoms with Crippen LogP contribution in [0.25, 0.3) is 0 Å². The molecule has 1 amide bonds. The predicted molar refractivity (Wildman–Crippen MR) is 129 cm³/mol. The van der Waals surface area contributed by atoms with E-state index in [1.165, 1.54) is 6.92 Å². The van der Waals surface area contributed by atoms with Crippen molar-refractivity contribution in [2.75, 3.05) is 19.7 Å². The fraction of sp³-hybridized carbons (Fsp3) is 0.500. The zero-order chi connectivity index (χ0) is 25.3.